The number of carbonyl (C=O) groups excluding carboxylic acids is 1. The molecule has 2 N–H and O–H groups in total. The van der Waals surface area contributed by atoms with Gasteiger partial charge >= 0.3 is 0 Å². The predicted octanol–water partition coefficient (Wildman–Crippen LogP) is 5.77. The molecule has 1 fully saturated rings. The SMILES string of the molecule is Cc1cccc(Oc2ccc(C(=O)N[C@H](CN3CCN(c4cccc(O)c4)[C@@H](C)C3)C(C)C)c(C)c2)c1. The van der Waals surface area contributed by atoms with Crippen molar-refractivity contribution in [3.05, 3.63) is 83.4 Å². The van der Waals surface area contributed by atoms with Crippen LogP contribution in [0.25, 0.3) is 0 Å². The fraction of sp³-hybridized carbons (Fsp3) is 0.387. The third-order valence-electron chi connectivity index (χ3n) is 7.12. The Balaban J connectivity index is 1.37. The van der Waals surface area contributed by atoms with Crippen LogP contribution >= 0.6 is 0 Å². The maximum atomic E-state index is 13.3. The average Bonchev–Trinajstić information content (AvgIpc) is 2.83. The molecule has 2 atom stereocenters. The van der Waals surface area contributed by atoms with Gasteiger partial charge in [-0.05, 0) is 80.3 Å². The largest absolute Gasteiger partial charge is 0.508 e. The number of nitrogens with zero attached hydrogens (tertiary/aromatic N) is 2. The summed E-state index contributed by atoms with van der Waals surface area (Å²) in [6, 6.07) is 21.4. The Morgan fingerprint density at radius 2 is 1.78 bits per heavy atom. The molecule has 0 spiro atoms. The van der Waals surface area contributed by atoms with Crippen LogP contribution in [-0.4, -0.2) is 54.2 Å². The van der Waals surface area contributed by atoms with E-state index >= 15 is 0 Å². The van der Waals surface area contributed by atoms with E-state index in [1.165, 1.54) is 0 Å². The second-order valence-corrected chi connectivity index (χ2v) is 10.5. The Bertz CT molecular complexity index is 1230. The number of phenols is 1. The predicted molar refractivity (Wildman–Crippen MR) is 150 cm³/mol. The second kappa shape index (κ2) is 11.7. The molecule has 37 heavy (non-hydrogen) atoms. The summed E-state index contributed by atoms with van der Waals surface area (Å²) in [6.07, 6.45) is 0. The molecule has 1 aliphatic heterocycles. The topological polar surface area (TPSA) is 65.0 Å². The second-order valence-electron chi connectivity index (χ2n) is 10.5. The Morgan fingerprint density at radius 1 is 1.03 bits per heavy atom. The zero-order chi connectivity index (χ0) is 26.5. The molecule has 0 bridgehead atoms. The van der Waals surface area contributed by atoms with E-state index in [-0.39, 0.29) is 11.9 Å². The van der Waals surface area contributed by atoms with Gasteiger partial charge in [0.2, 0.25) is 0 Å². The van der Waals surface area contributed by atoms with Gasteiger partial charge < -0.3 is 20.1 Å². The third-order valence-corrected chi connectivity index (χ3v) is 7.12. The maximum absolute atomic E-state index is 13.3. The van der Waals surface area contributed by atoms with Crippen LogP contribution in [0.4, 0.5) is 5.69 Å². The Kier molecular flexibility index (Phi) is 8.39. The van der Waals surface area contributed by atoms with Gasteiger partial charge in [-0.25, -0.2) is 0 Å². The molecule has 1 saturated heterocycles. The minimum atomic E-state index is -0.0512. The van der Waals surface area contributed by atoms with Gasteiger partial charge in [0.1, 0.15) is 17.2 Å². The summed E-state index contributed by atoms with van der Waals surface area (Å²) in [5.41, 5.74) is 3.74. The van der Waals surface area contributed by atoms with E-state index in [1.807, 2.05) is 74.5 Å². The number of piperazine rings is 1. The van der Waals surface area contributed by atoms with Crippen molar-refractivity contribution in [1.82, 2.24) is 10.2 Å². The van der Waals surface area contributed by atoms with E-state index in [1.54, 1.807) is 6.07 Å². The van der Waals surface area contributed by atoms with Crippen molar-refractivity contribution in [1.29, 1.82) is 0 Å². The number of anilines is 1. The number of nitrogens with one attached hydrogen (secondary N) is 1. The first-order valence-corrected chi connectivity index (χ1v) is 13.1. The van der Waals surface area contributed by atoms with Gasteiger partial charge in [-0.15, -0.1) is 0 Å². The summed E-state index contributed by atoms with van der Waals surface area (Å²) < 4.78 is 6.00. The first kappa shape index (κ1) is 26.6. The standard InChI is InChI=1S/C31H39N3O3/c1-21(2)30(20-33-14-15-34(24(5)19-33)25-9-7-10-26(35)18-25)32-31(36)29-13-12-28(17-23(29)4)37-27-11-6-8-22(3)16-27/h6-13,16-18,21,24,30,35H,14-15,19-20H2,1-5H3,(H,32,36)/t24-,30+/m0/s1. The van der Waals surface area contributed by atoms with Crippen LogP contribution in [0.2, 0.25) is 0 Å². The number of hydrogen-bond donors (Lipinski definition) is 2. The summed E-state index contributed by atoms with van der Waals surface area (Å²) >= 11 is 0. The maximum Gasteiger partial charge on any atom is 0.251 e. The van der Waals surface area contributed by atoms with Crippen molar-refractivity contribution in [2.75, 3.05) is 31.1 Å². The summed E-state index contributed by atoms with van der Waals surface area (Å²) in [5, 5.41) is 13.2. The van der Waals surface area contributed by atoms with Crippen molar-refractivity contribution in [3.8, 4) is 17.2 Å². The molecule has 0 aliphatic carbocycles. The van der Waals surface area contributed by atoms with Gasteiger partial charge in [-0.2, -0.15) is 0 Å². The molecule has 1 amide bonds. The fourth-order valence-corrected chi connectivity index (χ4v) is 4.97. The van der Waals surface area contributed by atoms with Crippen molar-refractivity contribution in [2.45, 2.75) is 46.7 Å². The van der Waals surface area contributed by atoms with Gasteiger partial charge in [0.25, 0.3) is 5.91 Å². The third kappa shape index (κ3) is 6.83. The monoisotopic (exact) mass is 501 g/mol. The lowest BCUT2D eigenvalue weighted by atomic mass is 10.0. The first-order valence-electron chi connectivity index (χ1n) is 13.1. The summed E-state index contributed by atoms with van der Waals surface area (Å²) in [6.45, 7) is 14.0. The van der Waals surface area contributed by atoms with Crippen LogP contribution in [0.1, 0.15) is 42.3 Å². The van der Waals surface area contributed by atoms with E-state index in [9.17, 15) is 9.90 Å². The normalized spacial score (nSPS) is 17.0. The number of carbonyl (C=O) groups is 1. The van der Waals surface area contributed by atoms with Crippen LogP contribution in [-0.2, 0) is 0 Å². The highest BCUT2D eigenvalue weighted by Crippen LogP contribution is 2.26. The highest BCUT2D eigenvalue weighted by Gasteiger charge is 2.28. The number of rotatable bonds is 8. The number of phenolic OH excluding ortho intramolecular Hbond substituents is 1. The lowest BCUT2D eigenvalue weighted by Gasteiger charge is -2.42. The summed E-state index contributed by atoms with van der Waals surface area (Å²) in [4.78, 5) is 18.0. The molecule has 0 unspecified atom stereocenters. The van der Waals surface area contributed by atoms with Crippen LogP contribution in [0.3, 0.4) is 0 Å². The number of aryl methyl sites for hydroxylation is 2. The molecule has 6 nitrogen and oxygen atoms in total. The van der Waals surface area contributed by atoms with E-state index in [0.717, 1.165) is 54.5 Å². The average molecular weight is 502 g/mol. The smallest absolute Gasteiger partial charge is 0.251 e. The molecular formula is C31H39N3O3. The Morgan fingerprint density at radius 3 is 2.46 bits per heavy atom. The molecule has 0 saturated carbocycles. The fourth-order valence-electron chi connectivity index (χ4n) is 4.97. The number of benzene rings is 3. The first-order chi connectivity index (χ1) is 17.7. The molecule has 3 aromatic carbocycles. The van der Waals surface area contributed by atoms with Gasteiger partial charge in [0.15, 0.2) is 0 Å². The number of ether oxygens (including phenoxy) is 1. The van der Waals surface area contributed by atoms with E-state index in [4.69, 9.17) is 4.74 Å². The molecule has 6 heteroatoms. The molecule has 1 heterocycles. The van der Waals surface area contributed by atoms with Crippen molar-refractivity contribution in [3.63, 3.8) is 0 Å². The summed E-state index contributed by atoms with van der Waals surface area (Å²) in [5.74, 6) is 2.05. The minimum Gasteiger partial charge on any atom is -0.508 e. The van der Waals surface area contributed by atoms with Crippen molar-refractivity contribution < 1.29 is 14.6 Å². The van der Waals surface area contributed by atoms with Crippen molar-refractivity contribution in [2.24, 2.45) is 5.92 Å². The van der Waals surface area contributed by atoms with Crippen LogP contribution < -0.4 is 15.0 Å². The molecule has 1 aliphatic rings. The molecular weight excluding hydrogens is 462 g/mol. The minimum absolute atomic E-state index is 0.0367. The molecule has 196 valence electrons. The number of hydrogen-bond acceptors (Lipinski definition) is 5. The van der Waals surface area contributed by atoms with Gasteiger partial charge in [0, 0.05) is 55.6 Å². The Hall–Kier alpha value is -3.51. The highest BCUT2D eigenvalue weighted by molar-refractivity contribution is 5.96. The van der Waals surface area contributed by atoms with Gasteiger partial charge in [-0.3, -0.25) is 9.69 Å². The van der Waals surface area contributed by atoms with Gasteiger partial charge in [-0.1, -0.05) is 32.0 Å². The highest BCUT2D eigenvalue weighted by atomic mass is 16.5. The van der Waals surface area contributed by atoms with Crippen LogP contribution in [0.15, 0.2) is 66.7 Å². The van der Waals surface area contributed by atoms with E-state index in [0.29, 0.717) is 23.3 Å². The van der Waals surface area contributed by atoms with Crippen LogP contribution in [0.5, 0.6) is 17.2 Å². The lowest BCUT2D eigenvalue weighted by Crippen LogP contribution is -2.56. The van der Waals surface area contributed by atoms with E-state index < -0.39 is 0 Å². The van der Waals surface area contributed by atoms with Crippen molar-refractivity contribution >= 4 is 11.6 Å². The quantitative estimate of drug-likeness (QED) is 0.410. The molecule has 3 aromatic rings. The zero-order valence-corrected chi connectivity index (χ0v) is 22.6. The van der Waals surface area contributed by atoms with Crippen LogP contribution in [0, 0.1) is 19.8 Å². The number of amides is 1. The Labute approximate surface area is 220 Å². The molecule has 0 radical (unpaired) electrons. The van der Waals surface area contributed by atoms with Gasteiger partial charge in [0.05, 0.1) is 0 Å². The van der Waals surface area contributed by atoms with E-state index in [2.05, 4.69) is 35.9 Å². The molecule has 4 rings (SSSR count). The number of aromatic hydroxyl groups is 1. The zero-order valence-electron chi connectivity index (χ0n) is 22.6. The summed E-state index contributed by atoms with van der Waals surface area (Å²) in [7, 11) is 0. The lowest BCUT2D eigenvalue weighted by molar-refractivity contribution is 0.0902. The molecule has 0 aromatic heterocycles.